The number of rotatable bonds is 7. The van der Waals surface area contributed by atoms with Gasteiger partial charge in [-0.3, -0.25) is 9.48 Å². The van der Waals surface area contributed by atoms with Crippen LogP contribution in [0.25, 0.3) is 6.08 Å². The van der Waals surface area contributed by atoms with Gasteiger partial charge in [-0.1, -0.05) is 29.8 Å². The molecule has 3 aromatic rings. The number of nitrogens with one attached hydrogen (secondary N) is 1. The Morgan fingerprint density at radius 2 is 1.80 bits per heavy atom. The molecule has 1 aromatic heterocycles. The topological polar surface area (TPSA) is 91.7 Å². The fourth-order valence-corrected chi connectivity index (χ4v) is 3.75. The number of aryl methyl sites for hydroxylation is 2. The summed E-state index contributed by atoms with van der Waals surface area (Å²) < 4.78 is 18.2. The first-order valence-corrected chi connectivity index (χ1v) is 11.5. The summed E-state index contributed by atoms with van der Waals surface area (Å²) >= 11 is 0. The summed E-state index contributed by atoms with van der Waals surface area (Å²) in [4.78, 5) is 24.4. The van der Waals surface area contributed by atoms with E-state index in [4.69, 9.17) is 14.2 Å². The highest BCUT2D eigenvalue weighted by molar-refractivity contribution is 5.95. The van der Waals surface area contributed by atoms with Crippen LogP contribution in [0.15, 0.2) is 48.5 Å². The Hall–Kier alpha value is -4.07. The third kappa shape index (κ3) is 6.29. The molecule has 0 fully saturated rings. The Kier molecular flexibility index (Phi) is 7.50. The van der Waals surface area contributed by atoms with E-state index in [9.17, 15) is 9.59 Å². The van der Waals surface area contributed by atoms with Gasteiger partial charge in [0.25, 0.3) is 5.91 Å². The van der Waals surface area contributed by atoms with Gasteiger partial charge in [-0.2, -0.15) is 5.10 Å². The van der Waals surface area contributed by atoms with Gasteiger partial charge >= 0.3 is 5.97 Å². The van der Waals surface area contributed by atoms with Crippen molar-refractivity contribution < 1.29 is 23.8 Å². The molecule has 1 amide bonds. The molecule has 4 rings (SSSR count). The van der Waals surface area contributed by atoms with Gasteiger partial charge in [0.1, 0.15) is 0 Å². The molecule has 2 aromatic carbocycles. The second-order valence-corrected chi connectivity index (χ2v) is 8.43. The summed E-state index contributed by atoms with van der Waals surface area (Å²) in [5, 5.41) is 7.29. The van der Waals surface area contributed by atoms with Crippen molar-refractivity contribution in [3.63, 3.8) is 0 Å². The fraction of sp³-hybridized carbons (Fsp3) is 0.296. The van der Waals surface area contributed by atoms with Gasteiger partial charge in [0, 0.05) is 35.5 Å². The van der Waals surface area contributed by atoms with E-state index in [1.165, 1.54) is 11.6 Å². The Labute approximate surface area is 204 Å². The molecule has 8 nitrogen and oxygen atoms in total. The molecule has 0 bridgehead atoms. The molecule has 1 aliphatic rings. The molecule has 0 saturated heterocycles. The number of ether oxygens (including phenoxy) is 3. The van der Waals surface area contributed by atoms with Crippen LogP contribution < -0.4 is 14.8 Å². The fourth-order valence-electron chi connectivity index (χ4n) is 3.75. The van der Waals surface area contributed by atoms with Gasteiger partial charge in [0.05, 0.1) is 25.5 Å². The smallest absolute Gasteiger partial charge is 0.331 e. The van der Waals surface area contributed by atoms with Gasteiger partial charge in [-0.15, -0.1) is 0 Å². The van der Waals surface area contributed by atoms with Crippen molar-refractivity contribution in [3.8, 4) is 11.5 Å². The lowest BCUT2D eigenvalue weighted by atomic mass is 10.1. The normalized spacial score (nSPS) is 12.9. The van der Waals surface area contributed by atoms with E-state index in [-0.39, 0.29) is 0 Å². The molecule has 2 heterocycles. The van der Waals surface area contributed by atoms with E-state index in [1.54, 1.807) is 24.3 Å². The Morgan fingerprint density at radius 1 is 1.06 bits per heavy atom. The summed E-state index contributed by atoms with van der Waals surface area (Å²) in [6.07, 6.45) is 3.79. The second-order valence-electron chi connectivity index (χ2n) is 8.43. The van der Waals surface area contributed by atoms with Crippen molar-refractivity contribution in [2.45, 2.75) is 33.7 Å². The number of carbonyl (C=O) groups is 2. The number of esters is 1. The van der Waals surface area contributed by atoms with Gasteiger partial charge in [-0.25, -0.2) is 4.79 Å². The zero-order valence-electron chi connectivity index (χ0n) is 20.2. The Balaban J connectivity index is 1.30. The molecule has 0 unspecified atom stereocenters. The van der Waals surface area contributed by atoms with E-state index >= 15 is 0 Å². The van der Waals surface area contributed by atoms with Crippen molar-refractivity contribution in [3.05, 3.63) is 76.6 Å². The number of aromatic nitrogens is 2. The monoisotopic (exact) mass is 475 g/mol. The van der Waals surface area contributed by atoms with Crippen LogP contribution >= 0.6 is 0 Å². The van der Waals surface area contributed by atoms with Crippen molar-refractivity contribution in [2.24, 2.45) is 0 Å². The minimum atomic E-state index is -0.608. The van der Waals surface area contributed by atoms with Crippen LogP contribution in [0.3, 0.4) is 0 Å². The van der Waals surface area contributed by atoms with E-state index in [0.29, 0.717) is 36.9 Å². The first-order chi connectivity index (χ1) is 16.9. The summed E-state index contributed by atoms with van der Waals surface area (Å²) in [6.45, 7) is 7.30. The van der Waals surface area contributed by atoms with Crippen LogP contribution in [0.4, 0.5) is 5.69 Å². The molecule has 182 valence electrons. The molecule has 1 aliphatic heterocycles. The lowest BCUT2D eigenvalue weighted by Gasteiger charge is -2.10. The van der Waals surface area contributed by atoms with Crippen LogP contribution in [0.5, 0.6) is 11.5 Å². The van der Waals surface area contributed by atoms with Crippen LogP contribution in [0, 0.1) is 20.8 Å². The molecule has 0 spiro atoms. The maximum Gasteiger partial charge on any atom is 0.331 e. The molecule has 0 saturated carbocycles. The number of carbonyl (C=O) groups excluding carboxylic acids is 2. The van der Waals surface area contributed by atoms with Crippen molar-refractivity contribution in [2.75, 3.05) is 25.1 Å². The summed E-state index contributed by atoms with van der Waals surface area (Å²) in [5.41, 5.74) is 5.50. The predicted octanol–water partition coefficient (Wildman–Crippen LogP) is 4.21. The van der Waals surface area contributed by atoms with Gasteiger partial charge in [-0.05, 0) is 44.5 Å². The highest BCUT2D eigenvalue weighted by Gasteiger charge is 2.13. The number of fused-ring (bicyclic) bond motifs is 1. The average Bonchev–Trinajstić information content (AvgIpc) is 2.99. The molecule has 35 heavy (non-hydrogen) atoms. The second kappa shape index (κ2) is 10.9. The Bertz CT molecular complexity index is 1240. The van der Waals surface area contributed by atoms with Crippen LogP contribution in [0.1, 0.15) is 34.5 Å². The highest BCUT2D eigenvalue weighted by atomic mass is 16.5. The van der Waals surface area contributed by atoms with Crippen LogP contribution in [-0.4, -0.2) is 41.5 Å². The van der Waals surface area contributed by atoms with Gasteiger partial charge in [0.15, 0.2) is 18.1 Å². The Morgan fingerprint density at radius 3 is 2.57 bits per heavy atom. The van der Waals surface area contributed by atoms with E-state index in [1.807, 2.05) is 18.5 Å². The molecular formula is C27H29N3O5. The van der Waals surface area contributed by atoms with Crippen molar-refractivity contribution in [1.82, 2.24) is 9.78 Å². The minimum Gasteiger partial charge on any atom is -0.490 e. The molecular weight excluding hydrogens is 446 g/mol. The standard InChI is InChI=1S/C27H29N3O5/c1-18-5-7-21(8-6-18)16-30-20(3)23(19(2)29-30)10-12-27(32)35-17-26(31)28-22-9-11-24-25(15-22)34-14-4-13-33-24/h5-12,15H,4,13-14,16-17H2,1-3H3,(H,28,31). The summed E-state index contributed by atoms with van der Waals surface area (Å²) in [5.74, 6) is 0.169. The first-order valence-electron chi connectivity index (χ1n) is 11.5. The number of nitrogens with zero attached hydrogens (tertiary/aromatic N) is 2. The average molecular weight is 476 g/mol. The molecule has 1 N–H and O–H groups in total. The van der Waals surface area contributed by atoms with E-state index in [0.717, 1.165) is 28.9 Å². The third-order valence-corrected chi connectivity index (χ3v) is 5.65. The maximum atomic E-state index is 12.2. The zero-order valence-corrected chi connectivity index (χ0v) is 20.2. The van der Waals surface area contributed by atoms with Crippen molar-refractivity contribution in [1.29, 1.82) is 0 Å². The highest BCUT2D eigenvalue weighted by Crippen LogP contribution is 2.32. The van der Waals surface area contributed by atoms with E-state index < -0.39 is 18.5 Å². The van der Waals surface area contributed by atoms with E-state index in [2.05, 4.69) is 41.6 Å². The SMILES string of the molecule is Cc1ccc(Cn2nc(C)c(C=CC(=O)OCC(=O)Nc3ccc4c(c3)OCCCO4)c2C)cc1. The number of hydrogen-bond donors (Lipinski definition) is 1. The molecule has 0 atom stereocenters. The predicted molar refractivity (Wildman–Crippen MR) is 133 cm³/mol. The molecule has 0 aliphatic carbocycles. The summed E-state index contributed by atoms with van der Waals surface area (Å²) in [6, 6.07) is 13.5. The largest absolute Gasteiger partial charge is 0.490 e. The van der Waals surface area contributed by atoms with Crippen LogP contribution in [0.2, 0.25) is 0 Å². The number of anilines is 1. The number of benzene rings is 2. The third-order valence-electron chi connectivity index (χ3n) is 5.65. The summed E-state index contributed by atoms with van der Waals surface area (Å²) in [7, 11) is 0. The lowest BCUT2D eigenvalue weighted by molar-refractivity contribution is -0.142. The first kappa shape index (κ1) is 24.1. The minimum absolute atomic E-state index is 0.401. The molecule has 0 radical (unpaired) electrons. The van der Waals surface area contributed by atoms with Crippen molar-refractivity contribution >= 4 is 23.6 Å². The van der Waals surface area contributed by atoms with Gasteiger partial charge < -0.3 is 19.5 Å². The number of hydrogen-bond acceptors (Lipinski definition) is 6. The molecule has 8 heteroatoms. The zero-order chi connectivity index (χ0) is 24.8. The van der Waals surface area contributed by atoms with Crippen LogP contribution in [-0.2, 0) is 20.9 Å². The number of amides is 1. The maximum absolute atomic E-state index is 12.2. The lowest BCUT2D eigenvalue weighted by Crippen LogP contribution is -2.20. The van der Waals surface area contributed by atoms with Gasteiger partial charge in [0.2, 0.25) is 0 Å². The quantitative estimate of drug-likeness (QED) is 0.407.